The Hall–Kier alpha value is -4.25. The molecule has 36 heavy (non-hydrogen) atoms. The Morgan fingerprint density at radius 2 is 1.61 bits per heavy atom. The number of carbonyl (C=O) groups is 1. The van der Waals surface area contributed by atoms with Crippen LogP contribution >= 0.6 is 11.8 Å². The highest BCUT2D eigenvalue weighted by atomic mass is 32.2. The zero-order chi connectivity index (χ0) is 25.8. The number of ether oxygens (including phenoxy) is 4. The van der Waals surface area contributed by atoms with Gasteiger partial charge in [0.1, 0.15) is 0 Å². The van der Waals surface area contributed by atoms with Gasteiger partial charge >= 0.3 is 5.97 Å². The molecule has 186 valence electrons. The lowest BCUT2D eigenvalue weighted by Crippen LogP contribution is -2.09. The zero-order valence-corrected chi connectivity index (χ0v) is 20.8. The molecule has 0 amide bonds. The van der Waals surface area contributed by atoms with Crippen molar-refractivity contribution in [1.29, 1.82) is 0 Å². The molecule has 11 heteroatoms. The first kappa shape index (κ1) is 24.9. The number of aromatic nitrogens is 3. The second-order valence-electron chi connectivity index (χ2n) is 7.44. The van der Waals surface area contributed by atoms with E-state index in [-0.39, 0.29) is 16.9 Å². The number of benzene rings is 2. The lowest BCUT2D eigenvalue weighted by molar-refractivity contribution is 0.0696. The Labute approximate surface area is 210 Å². The maximum atomic E-state index is 12.6. The van der Waals surface area contributed by atoms with Gasteiger partial charge in [-0.2, -0.15) is 0 Å². The van der Waals surface area contributed by atoms with Gasteiger partial charge in [-0.15, -0.1) is 0 Å². The molecule has 0 spiro atoms. The van der Waals surface area contributed by atoms with Gasteiger partial charge < -0.3 is 29.0 Å². The quantitative estimate of drug-likeness (QED) is 0.252. The first-order valence-corrected chi connectivity index (χ1v) is 11.6. The van der Waals surface area contributed by atoms with Gasteiger partial charge in [-0.05, 0) is 23.8 Å². The summed E-state index contributed by atoms with van der Waals surface area (Å²) in [5, 5.41) is 11.2. The predicted octanol–water partition coefficient (Wildman–Crippen LogP) is 4.01. The summed E-state index contributed by atoms with van der Waals surface area (Å²) < 4.78 is 21.7. The Bertz CT molecular complexity index is 1500. The average molecular weight is 510 g/mol. The molecule has 0 saturated heterocycles. The third-order valence-electron chi connectivity index (χ3n) is 5.44. The number of thioether (sulfide) groups is 1. The van der Waals surface area contributed by atoms with Crippen LogP contribution in [0.3, 0.4) is 0 Å². The standard InChI is InChI=1S/C25H23N3O7S/c1-32-17-6-5-13(9-18(17)33-2)22-14-10-19(34-3)20(35-4)11-15(14)27-16(23(22)24(30)31)12-36-25-26-8-7-21(29)28-25/h5-11H,12H2,1-4H3,(H,30,31)(H,26,28,29). The van der Waals surface area contributed by atoms with E-state index in [1.165, 1.54) is 52.5 Å². The molecule has 4 aromatic rings. The van der Waals surface area contributed by atoms with Crippen molar-refractivity contribution in [1.82, 2.24) is 15.0 Å². The summed E-state index contributed by atoms with van der Waals surface area (Å²) in [5.41, 5.74) is 1.52. The van der Waals surface area contributed by atoms with Crippen molar-refractivity contribution < 1.29 is 28.8 Å². The smallest absolute Gasteiger partial charge is 0.338 e. The van der Waals surface area contributed by atoms with Gasteiger partial charge in [-0.25, -0.2) is 9.78 Å². The van der Waals surface area contributed by atoms with Gasteiger partial charge in [0.05, 0.1) is 45.2 Å². The number of nitrogens with zero attached hydrogens (tertiary/aromatic N) is 2. The number of aromatic carboxylic acids is 1. The van der Waals surface area contributed by atoms with Crippen LogP contribution in [0.2, 0.25) is 0 Å². The summed E-state index contributed by atoms with van der Waals surface area (Å²) in [6.45, 7) is 0. The number of methoxy groups -OCH3 is 4. The van der Waals surface area contributed by atoms with Gasteiger partial charge in [0, 0.05) is 35.0 Å². The summed E-state index contributed by atoms with van der Waals surface area (Å²) in [6, 6.07) is 9.87. The molecule has 0 aliphatic heterocycles. The minimum Gasteiger partial charge on any atom is -0.493 e. The number of pyridine rings is 1. The van der Waals surface area contributed by atoms with Gasteiger partial charge in [-0.3, -0.25) is 9.78 Å². The van der Waals surface area contributed by atoms with Crippen molar-refractivity contribution in [3.8, 4) is 34.1 Å². The highest BCUT2D eigenvalue weighted by Crippen LogP contribution is 2.42. The van der Waals surface area contributed by atoms with Gasteiger partial charge in [-0.1, -0.05) is 17.8 Å². The molecule has 0 radical (unpaired) electrons. The largest absolute Gasteiger partial charge is 0.493 e. The molecule has 0 fully saturated rings. The first-order valence-electron chi connectivity index (χ1n) is 10.6. The fourth-order valence-electron chi connectivity index (χ4n) is 3.83. The lowest BCUT2D eigenvalue weighted by atomic mass is 9.93. The highest BCUT2D eigenvalue weighted by Gasteiger charge is 2.24. The van der Waals surface area contributed by atoms with Gasteiger partial charge in [0.15, 0.2) is 28.2 Å². The van der Waals surface area contributed by atoms with Crippen LogP contribution < -0.4 is 24.5 Å². The monoisotopic (exact) mass is 509 g/mol. The molecule has 2 N–H and O–H groups in total. The minimum atomic E-state index is -1.16. The van der Waals surface area contributed by atoms with Crippen LogP contribution in [0.25, 0.3) is 22.0 Å². The molecular formula is C25H23N3O7S. The van der Waals surface area contributed by atoms with Crippen LogP contribution in [-0.4, -0.2) is 54.5 Å². The van der Waals surface area contributed by atoms with E-state index >= 15 is 0 Å². The van der Waals surface area contributed by atoms with E-state index < -0.39 is 5.97 Å². The number of carboxylic acids is 1. The number of H-pyrrole nitrogens is 1. The number of hydrogen-bond acceptors (Lipinski definition) is 9. The molecule has 0 aliphatic rings. The summed E-state index contributed by atoms with van der Waals surface area (Å²) >= 11 is 1.17. The minimum absolute atomic E-state index is 0.00715. The number of hydrogen-bond donors (Lipinski definition) is 2. The van der Waals surface area contributed by atoms with Crippen molar-refractivity contribution in [2.75, 3.05) is 28.4 Å². The molecule has 2 aromatic carbocycles. The molecule has 0 bridgehead atoms. The third kappa shape index (κ3) is 4.78. The number of nitrogens with one attached hydrogen (secondary N) is 1. The van der Waals surface area contributed by atoms with Crippen LogP contribution in [0.15, 0.2) is 52.5 Å². The van der Waals surface area contributed by atoms with Crippen LogP contribution in [0.5, 0.6) is 23.0 Å². The maximum Gasteiger partial charge on any atom is 0.338 e. The van der Waals surface area contributed by atoms with Crippen molar-refractivity contribution in [2.24, 2.45) is 0 Å². The number of rotatable bonds is 9. The molecule has 2 aromatic heterocycles. The fraction of sp³-hybridized carbons (Fsp3) is 0.200. The van der Waals surface area contributed by atoms with E-state index in [0.29, 0.717) is 55.9 Å². The fourth-order valence-corrected chi connectivity index (χ4v) is 4.62. The van der Waals surface area contributed by atoms with Crippen LogP contribution in [-0.2, 0) is 5.75 Å². The predicted molar refractivity (Wildman–Crippen MR) is 135 cm³/mol. The molecular weight excluding hydrogens is 486 g/mol. The number of carboxylic acid groups (broad SMARTS) is 1. The lowest BCUT2D eigenvalue weighted by Gasteiger charge is -2.18. The van der Waals surface area contributed by atoms with E-state index in [1.807, 2.05) is 0 Å². The van der Waals surface area contributed by atoms with E-state index in [1.54, 1.807) is 30.3 Å². The maximum absolute atomic E-state index is 12.6. The SMILES string of the molecule is COc1ccc(-c2c(C(=O)O)c(CSc3nccc(=O)[nH]3)nc3cc(OC)c(OC)cc23)cc1OC. The van der Waals surface area contributed by atoms with Crippen LogP contribution in [0.4, 0.5) is 0 Å². The van der Waals surface area contributed by atoms with E-state index in [0.717, 1.165) is 0 Å². The van der Waals surface area contributed by atoms with E-state index in [9.17, 15) is 14.7 Å². The Kier molecular flexibility index (Phi) is 7.30. The van der Waals surface area contributed by atoms with Gasteiger partial charge in [0.25, 0.3) is 5.56 Å². The highest BCUT2D eigenvalue weighted by molar-refractivity contribution is 7.98. The normalized spacial score (nSPS) is 10.8. The molecule has 0 saturated carbocycles. The van der Waals surface area contributed by atoms with Crippen molar-refractivity contribution in [3.63, 3.8) is 0 Å². The van der Waals surface area contributed by atoms with Crippen molar-refractivity contribution >= 4 is 28.6 Å². The second-order valence-corrected chi connectivity index (χ2v) is 8.40. The van der Waals surface area contributed by atoms with Crippen molar-refractivity contribution in [2.45, 2.75) is 10.9 Å². The summed E-state index contributed by atoms with van der Waals surface area (Å²) in [5.74, 6) is 0.808. The van der Waals surface area contributed by atoms with E-state index in [2.05, 4.69) is 15.0 Å². The molecule has 0 unspecified atom stereocenters. The Balaban J connectivity index is 2.01. The first-order chi connectivity index (χ1) is 17.4. The van der Waals surface area contributed by atoms with Crippen LogP contribution in [0.1, 0.15) is 16.1 Å². The number of aromatic amines is 1. The molecule has 4 rings (SSSR count). The second kappa shape index (κ2) is 10.6. The average Bonchev–Trinajstić information content (AvgIpc) is 2.89. The third-order valence-corrected chi connectivity index (χ3v) is 6.34. The number of fused-ring (bicyclic) bond motifs is 1. The summed E-state index contributed by atoms with van der Waals surface area (Å²) in [4.78, 5) is 35.7. The van der Waals surface area contributed by atoms with Gasteiger partial charge in [0.2, 0.25) is 0 Å². The Morgan fingerprint density at radius 1 is 0.944 bits per heavy atom. The topological polar surface area (TPSA) is 133 Å². The Morgan fingerprint density at radius 3 is 2.25 bits per heavy atom. The zero-order valence-electron chi connectivity index (χ0n) is 19.9. The summed E-state index contributed by atoms with van der Waals surface area (Å²) in [6.07, 6.45) is 1.39. The summed E-state index contributed by atoms with van der Waals surface area (Å²) in [7, 11) is 6.05. The molecule has 0 aliphatic carbocycles. The van der Waals surface area contributed by atoms with Crippen molar-refractivity contribution in [3.05, 3.63) is 64.2 Å². The molecule has 0 atom stereocenters. The molecule has 2 heterocycles. The van der Waals surface area contributed by atoms with Crippen LogP contribution in [0, 0.1) is 0 Å². The molecule has 10 nitrogen and oxygen atoms in total. The van der Waals surface area contributed by atoms with E-state index in [4.69, 9.17) is 18.9 Å².